The molecule has 0 amide bonds. The molecule has 0 nitrogen and oxygen atoms in total. The second-order valence-corrected chi connectivity index (χ2v) is 3.70. The fraction of sp³-hybridized carbons (Fsp3) is 0.286. The molecular formula is C14H17Cl. The number of unbranched alkanes of at least 4 members (excludes halogenated alkanes) is 1. The maximum Gasteiger partial charge on any atom is 0.0407 e. The minimum absolute atomic E-state index is 0.592. The van der Waals surface area contributed by atoms with Gasteiger partial charge in [0.15, 0.2) is 0 Å². The molecule has 0 unspecified atom stereocenters. The van der Waals surface area contributed by atoms with E-state index in [1.165, 1.54) is 12.0 Å². The molecule has 0 saturated heterocycles. The van der Waals surface area contributed by atoms with Gasteiger partial charge >= 0.3 is 0 Å². The monoisotopic (exact) mass is 220 g/mol. The maximum absolute atomic E-state index is 5.50. The van der Waals surface area contributed by atoms with Gasteiger partial charge in [-0.15, -0.1) is 11.6 Å². The largest absolute Gasteiger partial charge is 0.122 e. The van der Waals surface area contributed by atoms with Crippen molar-refractivity contribution in [2.24, 2.45) is 0 Å². The van der Waals surface area contributed by atoms with Crippen molar-refractivity contribution < 1.29 is 0 Å². The maximum atomic E-state index is 5.50. The molecule has 0 saturated carbocycles. The summed E-state index contributed by atoms with van der Waals surface area (Å²) in [5, 5.41) is 0. The molecule has 0 radical (unpaired) electrons. The van der Waals surface area contributed by atoms with Crippen molar-refractivity contribution in [3.8, 4) is 0 Å². The van der Waals surface area contributed by atoms with Crippen LogP contribution in [0, 0.1) is 0 Å². The first-order valence-electron chi connectivity index (χ1n) is 5.35. The van der Waals surface area contributed by atoms with Crippen molar-refractivity contribution in [1.29, 1.82) is 0 Å². The second kappa shape index (κ2) is 8.31. The van der Waals surface area contributed by atoms with E-state index in [1.54, 1.807) is 0 Å². The molecule has 0 aliphatic carbocycles. The first-order chi connectivity index (χ1) is 7.43. The van der Waals surface area contributed by atoms with Crippen LogP contribution in [0.5, 0.6) is 0 Å². The lowest BCUT2D eigenvalue weighted by Crippen LogP contribution is -1.82. The molecule has 0 atom stereocenters. The van der Waals surface area contributed by atoms with Crippen LogP contribution < -0.4 is 0 Å². The predicted octanol–water partition coefficient (Wildman–Crippen LogP) is 4.36. The van der Waals surface area contributed by atoms with Crippen LogP contribution in [0.3, 0.4) is 0 Å². The van der Waals surface area contributed by atoms with Gasteiger partial charge in [-0.25, -0.2) is 0 Å². The number of alkyl halides is 1. The fourth-order valence-corrected chi connectivity index (χ4v) is 1.48. The van der Waals surface area contributed by atoms with Crippen LogP contribution in [0.4, 0.5) is 0 Å². The van der Waals surface area contributed by atoms with Crippen LogP contribution in [-0.4, -0.2) is 5.88 Å². The predicted molar refractivity (Wildman–Crippen MR) is 68.4 cm³/mol. The zero-order chi connectivity index (χ0) is 10.8. The summed E-state index contributed by atoms with van der Waals surface area (Å²) in [5.41, 5.74) is 1.42. The highest BCUT2D eigenvalue weighted by Crippen LogP contribution is 2.04. The molecule has 0 aliphatic heterocycles. The van der Waals surface area contributed by atoms with Crippen LogP contribution in [0.1, 0.15) is 18.4 Å². The third kappa shape index (κ3) is 6.14. The van der Waals surface area contributed by atoms with Crippen LogP contribution >= 0.6 is 11.6 Å². The first kappa shape index (κ1) is 12.1. The Hall–Kier alpha value is -1.01. The van der Waals surface area contributed by atoms with E-state index in [9.17, 15) is 0 Å². The zero-order valence-electron chi connectivity index (χ0n) is 8.90. The highest BCUT2D eigenvalue weighted by Gasteiger charge is 1.88. The van der Waals surface area contributed by atoms with Gasteiger partial charge in [-0.3, -0.25) is 0 Å². The summed E-state index contributed by atoms with van der Waals surface area (Å²) in [7, 11) is 0. The van der Waals surface area contributed by atoms with E-state index >= 15 is 0 Å². The Balaban J connectivity index is 2.12. The van der Waals surface area contributed by atoms with Gasteiger partial charge in [-0.05, 0) is 24.8 Å². The SMILES string of the molecule is ClCC=CC=CCCCc1ccccc1. The van der Waals surface area contributed by atoms with Crippen molar-refractivity contribution in [2.45, 2.75) is 19.3 Å². The topological polar surface area (TPSA) is 0 Å². The molecule has 80 valence electrons. The van der Waals surface area contributed by atoms with E-state index in [4.69, 9.17) is 11.6 Å². The van der Waals surface area contributed by atoms with E-state index in [1.807, 2.05) is 12.2 Å². The van der Waals surface area contributed by atoms with Crippen molar-refractivity contribution in [3.05, 3.63) is 60.2 Å². The second-order valence-electron chi connectivity index (χ2n) is 3.39. The molecule has 1 aromatic rings. The Kier molecular flexibility index (Phi) is 6.68. The van der Waals surface area contributed by atoms with E-state index in [0.29, 0.717) is 5.88 Å². The Morgan fingerprint density at radius 1 is 1.00 bits per heavy atom. The molecule has 1 aromatic carbocycles. The summed E-state index contributed by atoms with van der Waals surface area (Å²) in [5.74, 6) is 0.592. The molecule has 0 heterocycles. The van der Waals surface area contributed by atoms with Crippen LogP contribution in [-0.2, 0) is 6.42 Å². The lowest BCUT2D eigenvalue weighted by molar-refractivity contribution is 0.843. The molecular weight excluding hydrogens is 204 g/mol. The molecule has 0 bridgehead atoms. The molecule has 1 rings (SSSR count). The van der Waals surface area contributed by atoms with Crippen LogP contribution in [0.15, 0.2) is 54.6 Å². The van der Waals surface area contributed by atoms with Gasteiger partial charge in [0.05, 0.1) is 0 Å². The number of hydrogen-bond donors (Lipinski definition) is 0. The summed E-state index contributed by atoms with van der Waals surface area (Å²) < 4.78 is 0. The van der Waals surface area contributed by atoms with E-state index in [2.05, 4.69) is 42.5 Å². The van der Waals surface area contributed by atoms with Gasteiger partial charge < -0.3 is 0 Å². The Morgan fingerprint density at radius 3 is 2.47 bits per heavy atom. The third-order valence-electron chi connectivity index (χ3n) is 2.15. The molecule has 0 aromatic heterocycles. The standard InChI is InChI=1S/C14H17Cl/c15-13-9-4-2-1-3-6-10-14-11-7-5-8-12-14/h1-2,4-5,7-9,11-12H,3,6,10,13H2. The normalized spacial score (nSPS) is 11.5. The first-order valence-corrected chi connectivity index (χ1v) is 5.88. The smallest absolute Gasteiger partial charge is 0.0407 e. The molecule has 15 heavy (non-hydrogen) atoms. The molecule has 0 fully saturated rings. The van der Waals surface area contributed by atoms with Crippen molar-refractivity contribution in [2.75, 3.05) is 5.88 Å². The minimum Gasteiger partial charge on any atom is -0.122 e. The highest BCUT2D eigenvalue weighted by molar-refractivity contribution is 6.18. The van der Waals surface area contributed by atoms with Gasteiger partial charge in [0.2, 0.25) is 0 Å². The van der Waals surface area contributed by atoms with E-state index < -0.39 is 0 Å². The molecule has 0 N–H and O–H groups in total. The average Bonchev–Trinajstić information content (AvgIpc) is 2.29. The van der Waals surface area contributed by atoms with Crippen molar-refractivity contribution >= 4 is 11.6 Å². The summed E-state index contributed by atoms with van der Waals surface area (Å²) in [4.78, 5) is 0. The Morgan fingerprint density at radius 2 is 1.73 bits per heavy atom. The van der Waals surface area contributed by atoms with Crippen molar-refractivity contribution in [1.82, 2.24) is 0 Å². The Bertz CT molecular complexity index is 298. The Labute approximate surface area is 97.3 Å². The zero-order valence-corrected chi connectivity index (χ0v) is 9.66. The van der Waals surface area contributed by atoms with Crippen molar-refractivity contribution in [3.63, 3.8) is 0 Å². The number of halogens is 1. The average molecular weight is 221 g/mol. The summed E-state index contributed by atoms with van der Waals surface area (Å²) >= 11 is 5.50. The summed E-state index contributed by atoms with van der Waals surface area (Å²) in [6, 6.07) is 10.6. The van der Waals surface area contributed by atoms with Gasteiger partial charge in [-0.1, -0.05) is 54.6 Å². The van der Waals surface area contributed by atoms with E-state index in [0.717, 1.165) is 12.8 Å². The molecule has 1 heteroatoms. The summed E-state index contributed by atoms with van der Waals surface area (Å²) in [6.07, 6.45) is 11.7. The lowest BCUT2D eigenvalue weighted by Gasteiger charge is -1.97. The number of rotatable bonds is 6. The van der Waals surface area contributed by atoms with Crippen LogP contribution in [0.2, 0.25) is 0 Å². The lowest BCUT2D eigenvalue weighted by atomic mass is 10.1. The number of aryl methyl sites for hydroxylation is 1. The highest BCUT2D eigenvalue weighted by atomic mass is 35.5. The molecule has 0 aliphatic rings. The third-order valence-corrected chi connectivity index (χ3v) is 2.33. The number of hydrogen-bond acceptors (Lipinski definition) is 0. The van der Waals surface area contributed by atoms with E-state index in [-0.39, 0.29) is 0 Å². The van der Waals surface area contributed by atoms with Crippen LogP contribution in [0.25, 0.3) is 0 Å². The summed E-state index contributed by atoms with van der Waals surface area (Å²) in [6.45, 7) is 0. The van der Waals surface area contributed by atoms with Gasteiger partial charge in [0, 0.05) is 5.88 Å². The minimum atomic E-state index is 0.592. The van der Waals surface area contributed by atoms with Gasteiger partial charge in [0.25, 0.3) is 0 Å². The fourth-order valence-electron chi connectivity index (χ4n) is 1.37. The van der Waals surface area contributed by atoms with Gasteiger partial charge in [-0.2, -0.15) is 0 Å². The quantitative estimate of drug-likeness (QED) is 0.380. The number of allylic oxidation sites excluding steroid dienone is 4. The molecule has 0 spiro atoms. The van der Waals surface area contributed by atoms with Gasteiger partial charge in [0.1, 0.15) is 0 Å². The number of benzene rings is 1.